The molecule has 168 valence electrons. The van der Waals surface area contributed by atoms with Gasteiger partial charge in [-0.1, -0.05) is 92.7 Å². The van der Waals surface area contributed by atoms with E-state index < -0.39 is 0 Å². The molecule has 0 radical (unpaired) electrons. The topological polar surface area (TPSA) is 46.9 Å². The molecule has 4 rings (SSSR count). The largest absolute Gasteiger partial charge is 0.344 e. The van der Waals surface area contributed by atoms with E-state index in [9.17, 15) is 4.79 Å². The molecule has 4 heteroatoms. The first-order valence-corrected chi connectivity index (χ1v) is 11.6. The summed E-state index contributed by atoms with van der Waals surface area (Å²) in [4.78, 5) is 18.7. The standard InChI is InChI=1S/C29H31N3O/c1-5-32-27(29(33)30-21(4)22-13-8-6-9-14-22)26(25-18-12-17-24(19-25)20(2)3)31-28(32)23-15-10-7-11-16-23/h6-21H,5H2,1-4H3,(H,30,33). The number of hydrogen-bond donors (Lipinski definition) is 1. The summed E-state index contributed by atoms with van der Waals surface area (Å²) in [6.07, 6.45) is 0. The van der Waals surface area contributed by atoms with Crippen LogP contribution in [0.3, 0.4) is 0 Å². The van der Waals surface area contributed by atoms with Crippen LogP contribution in [0.25, 0.3) is 22.6 Å². The molecule has 1 atom stereocenters. The number of aromatic nitrogens is 2. The second-order valence-electron chi connectivity index (χ2n) is 8.63. The average Bonchev–Trinajstić information content (AvgIpc) is 3.25. The Hall–Kier alpha value is -3.66. The number of hydrogen-bond acceptors (Lipinski definition) is 2. The second-order valence-corrected chi connectivity index (χ2v) is 8.63. The Labute approximate surface area is 196 Å². The Morgan fingerprint density at radius 1 is 0.848 bits per heavy atom. The predicted molar refractivity (Wildman–Crippen MR) is 135 cm³/mol. The molecule has 0 saturated carbocycles. The number of imidazole rings is 1. The molecular formula is C29H31N3O. The van der Waals surface area contributed by atoms with E-state index in [1.807, 2.05) is 84.3 Å². The van der Waals surface area contributed by atoms with E-state index in [0.29, 0.717) is 18.2 Å². The van der Waals surface area contributed by atoms with Crippen molar-refractivity contribution in [3.05, 3.63) is 102 Å². The van der Waals surface area contributed by atoms with Crippen molar-refractivity contribution in [3.8, 4) is 22.6 Å². The SMILES string of the molecule is CCn1c(-c2ccccc2)nc(-c2cccc(C(C)C)c2)c1C(=O)NC(C)c1ccccc1. The van der Waals surface area contributed by atoms with E-state index >= 15 is 0 Å². The molecule has 0 fully saturated rings. The van der Waals surface area contributed by atoms with Crippen LogP contribution in [0.15, 0.2) is 84.9 Å². The van der Waals surface area contributed by atoms with E-state index in [0.717, 1.165) is 28.2 Å². The molecular weight excluding hydrogens is 406 g/mol. The third-order valence-electron chi connectivity index (χ3n) is 6.00. The first kappa shape index (κ1) is 22.5. The van der Waals surface area contributed by atoms with Crippen molar-refractivity contribution in [2.75, 3.05) is 0 Å². The minimum absolute atomic E-state index is 0.117. The second kappa shape index (κ2) is 9.86. The van der Waals surface area contributed by atoms with E-state index in [-0.39, 0.29) is 11.9 Å². The summed E-state index contributed by atoms with van der Waals surface area (Å²) in [5.41, 5.74) is 5.57. The van der Waals surface area contributed by atoms with Crippen molar-refractivity contribution in [2.45, 2.75) is 46.2 Å². The van der Waals surface area contributed by atoms with Crippen molar-refractivity contribution < 1.29 is 4.79 Å². The van der Waals surface area contributed by atoms with E-state index in [1.54, 1.807) is 0 Å². The summed E-state index contributed by atoms with van der Waals surface area (Å²) >= 11 is 0. The zero-order valence-electron chi connectivity index (χ0n) is 19.7. The monoisotopic (exact) mass is 437 g/mol. The molecule has 0 aliphatic carbocycles. The fourth-order valence-electron chi connectivity index (χ4n) is 4.13. The van der Waals surface area contributed by atoms with Crippen LogP contribution < -0.4 is 5.32 Å². The number of carbonyl (C=O) groups is 1. The van der Waals surface area contributed by atoms with Gasteiger partial charge in [-0.15, -0.1) is 0 Å². The van der Waals surface area contributed by atoms with Crippen LogP contribution in [0.4, 0.5) is 0 Å². The first-order chi connectivity index (χ1) is 16.0. The highest BCUT2D eigenvalue weighted by Crippen LogP contribution is 2.31. The summed E-state index contributed by atoms with van der Waals surface area (Å²) in [5, 5.41) is 3.20. The summed E-state index contributed by atoms with van der Waals surface area (Å²) in [6, 6.07) is 28.3. The Morgan fingerprint density at radius 3 is 2.09 bits per heavy atom. The third-order valence-corrected chi connectivity index (χ3v) is 6.00. The van der Waals surface area contributed by atoms with Crippen LogP contribution in [0.1, 0.15) is 61.3 Å². The van der Waals surface area contributed by atoms with Gasteiger partial charge in [0.25, 0.3) is 5.91 Å². The Morgan fingerprint density at radius 2 is 1.45 bits per heavy atom. The average molecular weight is 438 g/mol. The van der Waals surface area contributed by atoms with Crippen LogP contribution in [-0.4, -0.2) is 15.5 Å². The Kier molecular flexibility index (Phi) is 6.74. The van der Waals surface area contributed by atoms with E-state index in [2.05, 4.69) is 38.2 Å². The Bertz CT molecular complexity index is 1230. The molecule has 33 heavy (non-hydrogen) atoms. The van der Waals surface area contributed by atoms with Gasteiger partial charge >= 0.3 is 0 Å². The number of benzene rings is 3. The molecule has 0 aliphatic rings. The summed E-state index contributed by atoms with van der Waals surface area (Å²) in [6.45, 7) is 9.06. The maximum Gasteiger partial charge on any atom is 0.270 e. The van der Waals surface area contributed by atoms with Gasteiger partial charge in [-0.2, -0.15) is 0 Å². The van der Waals surface area contributed by atoms with E-state index in [4.69, 9.17) is 4.98 Å². The number of carbonyl (C=O) groups excluding carboxylic acids is 1. The highest BCUT2D eigenvalue weighted by molar-refractivity contribution is 5.99. The lowest BCUT2D eigenvalue weighted by Crippen LogP contribution is -2.29. The number of nitrogens with zero attached hydrogens (tertiary/aromatic N) is 2. The number of nitrogens with one attached hydrogen (secondary N) is 1. The fourth-order valence-corrected chi connectivity index (χ4v) is 4.13. The summed E-state index contributed by atoms with van der Waals surface area (Å²) in [5.74, 6) is 1.08. The van der Waals surface area contributed by atoms with Gasteiger partial charge in [-0.05, 0) is 37.0 Å². The molecule has 1 unspecified atom stereocenters. The molecule has 4 aromatic rings. The molecule has 1 N–H and O–H groups in total. The highest BCUT2D eigenvalue weighted by atomic mass is 16.2. The maximum atomic E-state index is 13.7. The van der Waals surface area contributed by atoms with Crippen molar-refractivity contribution in [1.82, 2.24) is 14.9 Å². The van der Waals surface area contributed by atoms with Gasteiger partial charge in [-0.25, -0.2) is 4.98 Å². The maximum absolute atomic E-state index is 13.7. The zero-order valence-corrected chi connectivity index (χ0v) is 19.7. The van der Waals surface area contributed by atoms with Gasteiger partial charge in [0.05, 0.1) is 6.04 Å². The molecule has 1 aromatic heterocycles. The molecule has 3 aromatic carbocycles. The zero-order chi connectivity index (χ0) is 23.4. The predicted octanol–water partition coefficient (Wildman–Crippen LogP) is 6.85. The smallest absolute Gasteiger partial charge is 0.270 e. The number of rotatable bonds is 7. The molecule has 0 saturated heterocycles. The lowest BCUT2D eigenvalue weighted by molar-refractivity contribution is 0.0931. The minimum atomic E-state index is -0.118. The lowest BCUT2D eigenvalue weighted by Gasteiger charge is -2.17. The van der Waals surface area contributed by atoms with Crippen LogP contribution in [0.2, 0.25) is 0 Å². The normalized spacial score (nSPS) is 12.0. The third kappa shape index (κ3) is 4.75. The van der Waals surface area contributed by atoms with Crippen molar-refractivity contribution >= 4 is 5.91 Å². The molecule has 1 amide bonds. The minimum Gasteiger partial charge on any atom is -0.344 e. The van der Waals surface area contributed by atoms with Gasteiger partial charge in [0, 0.05) is 17.7 Å². The molecule has 4 nitrogen and oxygen atoms in total. The van der Waals surface area contributed by atoms with Crippen LogP contribution >= 0.6 is 0 Å². The van der Waals surface area contributed by atoms with Gasteiger partial charge in [-0.3, -0.25) is 4.79 Å². The lowest BCUT2D eigenvalue weighted by atomic mass is 9.99. The molecule has 0 bridgehead atoms. The fraction of sp³-hybridized carbons (Fsp3) is 0.241. The van der Waals surface area contributed by atoms with Gasteiger partial charge < -0.3 is 9.88 Å². The quantitative estimate of drug-likeness (QED) is 0.344. The van der Waals surface area contributed by atoms with Crippen LogP contribution in [0.5, 0.6) is 0 Å². The number of amides is 1. The molecule has 0 aliphatic heterocycles. The first-order valence-electron chi connectivity index (χ1n) is 11.6. The van der Waals surface area contributed by atoms with Crippen molar-refractivity contribution in [1.29, 1.82) is 0 Å². The highest BCUT2D eigenvalue weighted by Gasteiger charge is 2.25. The van der Waals surface area contributed by atoms with Gasteiger partial charge in [0.1, 0.15) is 17.2 Å². The van der Waals surface area contributed by atoms with Crippen LogP contribution in [0, 0.1) is 0 Å². The molecule has 1 heterocycles. The molecule has 0 spiro atoms. The summed E-state index contributed by atoms with van der Waals surface area (Å²) < 4.78 is 2.03. The Balaban J connectivity index is 1.84. The van der Waals surface area contributed by atoms with E-state index in [1.165, 1.54) is 5.56 Å². The van der Waals surface area contributed by atoms with Gasteiger partial charge in [0.15, 0.2) is 0 Å². The van der Waals surface area contributed by atoms with Gasteiger partial charge in [0.2, 0.25) is 0 Å². The van der Waals surface area contributed by atoms with Crippen molar-refractivity contribution in [3.63, 3.8) is 0 Å². The summed E-state index contributed by atoms with van der Waals surface area (Å²) in [7, 11) is 0. The van der Waals surface area contributed by atoms with Crippen LogP contribution in [-0.2, 0) is 6.54 Å². The van der Waals surface area contributed by atoms with Crippen molar-refractivity contribution in [2.24, 2.45) is 0 Å².